The number of nitrogens with zero attached hydrogens (tertiary/aromatic N) is 3. The smallest absolute Gasteiger partial charge is 0.309 e. The lowest BCUT2D eigenvalue weighted by molar-refractivity contribution is 0.0730. The Balaban J connectivity index is 1.75. The van der Waals surface area contributed by atoms with Crippen LogP contribution in [0.15, 0.2) is 33.6 Å². The Kier molecular flexibility index (Phi) is 5.88. The Bertz CT molecular complexity index is 888. The van der Waals surface area contributed by atoms with Gasteiger partial charge in [-0.25, -0.2) is 8.42 Å². The highest BCUT2D eigenvalue weighted by Gasteiger charge is 2.26. The van der Waals surface area contributed by atoms with Crippen LogP contribution in [-0.4, -0.2) is 61.2 Å². The van der Waals surface area contributed by atoms with E-state index in [2.05, 4.69) is 15.5 Å². The summed E-state index contributed by atoms with van der Waals surface area (Å²) in [5.74, 6) is -0.412. The number of morpholine rings is 1. The molecule has 3 rings (SSSR count). The third-order valence-electron chi connectivity index (χ3n) is 4.32. The van der Waals surface area contributed by atoms with Crippen molar-refractivity contribution in [3.8, 4) is 11.5 Å². The number of carbonyl (C=O) groups is 1. The van der Waals surface area contributed by atoms with Gasteiger partial charge in [-0.1, -0.05) is 6.92 Å². The van der Waals surface area contributed by atoms with Gasteiger partial charge in [0.25, 0.3) is 0 Å². The molecule has 1 aromatic carbocycles. The number of hydrogen-bond donors (Lipinski definition) is 1. The molecular formula is C17H22N4O5S. The number of benzene rings is 1. The van der Waals surface area contributed by atoms with Crippen LogP contribution in [0.1, 0.15) is 31.0 Å². The highest BCUT2D eigenvalue weighted by molar-refractivity contribution is 7.89. The molecule has 1 fully saturated rings. The van der Waals surface area contributed by atoms with Gasteiger partial charge >= 0.3 is 11.8 Å². The molecule has 0 radical (unpaired) electrons. The zero-order valence-electron chi connectivity index (χ0n) is 15.2. The van der Waals surface area contributed by atoms with E-state index in [4.69, 9.17) is 9.15 Å². The fraction of sp³-hybridized carbons (Fsp3) is 0.471. The van der Waals surface area contributed by atoms with Gasteiger partial charge in [0.1, 0.15) is 0 Å². The second kappa shape index (κ2) is 8.15. The van der Waals surface area contributed by atoms with Crippen LogP contribution < -0.4 is 5.32 Å². The van der Waals surface area contributed by atoms with Crippen LogP contribution >= 0.6 is 0 Å². The van der Waals surface area contributed by atoms with Crippen LogP contribution in [0, 0.1) is 0 Å². The van der Waals surface area contributed by atoms with E-state index in [1.54, 1.807) is 12.1 Å². The van der Waals surface area contributed by atoms with E-state index in [1.165, 1.54) is 16.4 Å². The molecule has 0 bridgehead atoms. The lowest BCUT2D eigenvalue weighted by atomic mass is 10.2. The molecule has 1 aromatic heterocycles. The lowest BCUT2D eigenvalue weighted by Gasteiger charge is -2.26. The molecule has 1 atom stereocenters. The molecule has 2 heterocycles. The van der Waals surface area contributed by atoms with Crippen molar-refractivity contribution in [2.24, 2.45) is 0 Å². The number of aromatic nitrogens is 2. The van der Waals surface area contributed by atoms with Crippen LogP contribution in [0.5, 0.6) is 0 Å². The van der Waals surface area contributed by atoms with Gasteiger partial charge in [0.2, 0.25) is 15.9 Å². The Morgan fingerprint density at radius 3 is 2.52 bits per heavy atom. The molecule has 2 aromatic rings. The van der Waals surface area contributed by atoms with Crippen molar-refractivity contribution in [2.75, 3.05) is 26.3 Å². The monoisotopic (exact) mass is 394 g/mol. The second-order valence-electron chi connectivity index (χ2n) is 6.24. The predicted molar refractivity (Wildman–Crippen MR) is 96.5 cm³/mol. The molecule has 0 saturated carbocycles. The second-order valence-corrected chi connectivity index (χ2v) is 8.17. The Hall–Kier alpha value is -2.30. The van der Waals surface area contributed by atoms with Gasteiger partial charge in [-0.2, -0.15) is 4.31 Å². The molecular weight excluding hydrogens is 372 g/mol. The molecule has 1 unspecified atom stereocenters. The highest BCUT2D eigenvalue weighted by Crippen LogP contribution is 2.22. The third kappa shape index (κ3) is 4.34. The SMILES string of the molecule is CCC(C)NC(=O)c1nnc(-c2ccc(S(=O)(=O)N3CCOCC3)cc2)o1. The first-order valence-corrected chi connectivity index (χ1v) is 10.2. The molecule has 146 valence electrons. The van der Waals surface area contributed by atoms with E-state index < -0.39 is 15.9 Å². The minimum Gasteiger partial charge on any atom is -0.412 e. The molecule has 27 heavy (non-hydrogen) atoms. The van der Waals surface area contributed by atoms with Crippen molar-refractivity contribution in [3.05, 3.63) is 30.2 Å². The van der Waals surface area contributed by atoms with Crippen molar-refractivity contribution in [3.63, 3.8) is 0 Å². The normalized spacial score (nSPS) is 16.8. The maximum absolute atomic E-state index is 12.6. The van der Waals surface area contributed by atoms with E-state index in [9.17, 15) is 13.2 Å². The van der Waals surface area contributed by atoms with Gasteiger partial charge in [-0.05, 0) is 37.6 Å². The first kappa shape index (κ1) is 19.5. The number of ether oxygens (including phenoxy) is 1. The van der Waals surface area contributed by atoms with Gasteiger partial charge < -0.3 is 14.5 Å². The summed E-state index contributed by atoms with van der Waals surface area (Å²) in [5, 5.41) is 10.4. The van der Waals surface area contributed by atoms with E-state index >= 15 is 0 Å². The molecule has 1 aliphatic heterocycles. The zero-order chi connectivity index (χ0) is 19.4. The minimum atomic E-state index is -3.56. The quantitative estimate of drug-likeness (QED) is 0.785. The fourth-order valence-electron chi connectivity index (χ4n) is 2.52. The molecule has 9 nitrogen and oxygen atoms in total. The summed E-state index contributed by atoms with van der Waals surface area (Å²) in [6.07, 6.45) is 0.784. The number of carbonyl (C=O) groups excluding carboxylic acids is 1. The maximum atomic E-state index is 12.6. The first-order valence-electron chi connectivity index (χ1n) is 8.74. The van der Waals surface area contributed by atoms with Crippen molar-refractivity contribution in [1.29, 1.82) is 0 Å². The number of rotatable bonds is 6. The van der Waals surface area contributed by atoms with E-state index in [1.807, 2.05) is 13.8 Å². The van der Waals surface area contributed by atoms with Crippen molar-refractivity contribution in [2.45, 2.75) is 31.2 Å². The summed E-state index contributed by atoms with van der Waals surface area (Å²) >= 11 is 0. The summed E-state index contributed by atoms with van der Waals surface area (Å²) in [5.41, 5.74) is 0.533. The summed E-state index contributed by atoms with van der Waals surface area (Å²) < 4.78 is 37.3. The van der Waals surface area contributed by atoms with Crippen molar-refractivity contribution in [1.82, 2.24) is 19.8 Å². The largest absolute Gasteiger partial charge is 0.412 e. The van der Waals surface area contributed by atoms with Crippen molar-refractivity contribution < 1.29 is 22.4 Å². The molecule has 0 spiro atoms. The number of sulfonamides is 1. The van der Waals surface area contributed by atoms with Gasteiger partial charge in [0.05, 0.1) is 18.1 Å². The van der Waals surface area contributed by atoms with Gasteiger partial charge in [0.15, 0.2) is 0 Å². The number of nitrogens with one attached hydrogen (secondary N) is 1. The highest BCUT2D eigenvalue weighted by atomic mass is 32.2. The van der Waals surface area contributed by atoms with Crippen LogP contribution in [0.2, 0.25) is 0 Å². The van der Waals surface area contributed by atoms with Crippen LogP contribution in [-0.2, 0) is 14.8 Å². The zero-order valence-corrected chi connectivity index (χ0v) is 16.0. The minimum absolute atomic E-state index is 0.00229. The summed E-state index contributed by atoms with van der Waals surface area (Å²) in [4.78, 5) is 12.2. The summed E-state index contributed by atoms with van der Waals surface area (Å²) in [7, 11) is -3.56. The van der Waals surface area contributed by atoms with Crippen LogP contribution in [0.4, 0.5) is 0 Å². The van der Waals surface area contributed by atoms with Crippen molar-refractivity contribution >= 4 is 15.9 Å². The molecule has 1 saturated heterocycles. The number of hydrogen-bond acceptors (Lipinski definition) is 7. The fourth-order valence-corrected chi connectivity index (χ4v) is 3.93. The molecule has 1 N–H and O–H groups in total. The molecule has 1 aliphatic rings. The maximum Gasteiger partial charge on any atom is 0.309 e. The van der Waals surface area contributed by atoms with Gasteiger partial charge in [0, 0.05) is 24.7 Å². The first-order chi connectivity index (χ1) is 12.9. The predicted octanol–water partition coefficient (Wildman–Crippen LogP) is 1.29. The standard InChI is InChI=1S/C17H22N4O5S/c1-3-12(2)18-15(22)17-20-19-16(26-17)13-4-6-14(7-5-13)27(23,24)21-8-10-25-11-9-21/h4-7,12H,3,8-11H2,1-2H3,(H,18,22). The Labute approximate surface area is 157 Å². The lowest BCUT2D eigenvalue weighted by Crippen LogP contribution is -2.40. The van der Waals surface area contributed by atoms with Crippen LogP contribution in [0.25, 0.3) is 11.5 Å². The summed E-state index contributed by atoms with van der Waals surface area (Å²) in [6, 6.07) is 6.14. The molecule has 10 heteroatoms. The Morgan fingerprint density at radius 1 is 1.22 bits per heavy atom. The molecule has 0 aliphatic carbocycles. The van der Waals surface area contributed by atoms with E-state index in [0.29, 0.717) is 31.9 Å². The average molecular weight is 394 g/mol. The summed E-state index contributed by atoms with van der Waals surface area (Å²) in [6.45, 7) is 5.28. The van der Waals surface area contributed by atoms with E-state index in [0.717, 1.165) is 6.42 Å². The van der Waals surface area contributed by atoms with Gasteiger partial charge in [-0.15, -0.1) is 10.2 Å². The topological polar surface area (TPSA) is 115 Å². The Morgan fingerprint density at radius 2 is 1.89 bits per heavy atom. The van der Waals surface area contributed by atoms with Gasteiger partial charge in [-0.3, -0.25) is 4.79 Å². The average Bonchev–Trinajstić information content (AvgIpc) is 3.19. The third-order valence-corrected chi connectivity index (χ3v) is 6.23. The number of amides is 1. The van der Waals surface area contributed by atoms with E-state index in [-0.39, 0.29) is 22.7 Å². The van der Waals surface area contributed by atoms with Crippen LogP contribution in [0.3, 0.4) is 0 Å². The molecule has 1 amide bonds.